The van der Waals surface area contributed by atoms with Crippen LogP contribution in [0, 0.1) is 13.8 Å². The highest BCUT2D eigenvalue weighted by Crippen LogP contribution is 2.29. The Labute approximate surface area is 208 Å². The molecule has 0 heterocycles. The molecular weight excluding hydrogens is 452 g/mol. The molecule has 2 rings (SSSR count). The summed E-state index contributed by atoms with van der Waals surface area (Å²) in [6, 6.07) is 12.2. The molecule has 194 valence electrons. The van der Waals surface area contributed by atoms with Gasteiger partial charge < -0.3 is 33.2 Å². The summed E-state index contributed by atoms with van der Waals surface area (Å²) in [7, 11) is 1.64. The molecule has 35 heavy (non-hydrogen) atoms. The summed E-state index contributed by atoms with van der Waals surface area (Å²) >= 11 is 0. The van der Waals surface area contributed by atoms with Crippen molar-refractivity contribution in [1.29, 1.82) is 0 Å². The molecular formula is C27H38O8. The van der Waals surface area contributed by atoms with Gasteiger partial charge in [-0.2, -0.15) is 0 Å². The molecule has 0 aliphatic heterocycles. The number of aryl methyl sites for hydroxylation is 2. The van der Waals surface area contributed by atoms with Crippen molar-refractivity contribution >= 4 is 6.47 Å². The van der Waals surface area contributed by atoms with Gasteiger partial charge in [-0.1, -0.05) is 23.8 Å². The van der Waals surface area contributed by atoms with E-state index in [0.717, 1.165) is 16.7 Å². The summed E-state index contributed by atoms with van der Waals surface area (Å²) in [4.78, 5) is 10.6. The van der Waals surface area contributed by atoms with Gasteiger partial charge in [0.2, 0.25) is 0 Å². The molecule has 2 aromatic carbocycles. The van der Waals surface area contributed by atoms with Crippen molar-refractivity contribution in [1.82, 2.24) is 0 Å². The van der Waals surface area contributed by atoms with Gasteiger partial charge in [0.1, 0.15) is 19.0 Å². The maximum atomic E-state index is 10.6. The molecule has 0 N–H and O–H groups in total. The van der Waals surface area contributed by atoms with Gasteiger partial charge in [0.15, 0.2) is 0 Å². The average molecular weight is 491 g/mol. The lowest BCUT2D eigenvalue weighted by atomic mass is 9.97. The monoisotopic (exact) mass is 490 g/mol. The normalized spacial score (nSPS) is 10.9. The van der Waals surface area contributed by atoms with Gasteiger partial charge in [-0.25, -0.2) is 0 Å². The van der Waals surface area contributed by atoms with E-state index in [-0.39, 0.29) is 6.61 Å². The minimum absolute atomic E-state index is 0.191. The number of rotatable bonds is 20. The Morgan fingerprint density at radius 1 is 0.714 bits per heavy atom. The van der Waals surface area contributed by atoms with E-state index in [2.05, 4.69) is 32.0 Å². The van der Waals surface area contributed by atoms with Gasteiger partial charge in [-0.15, -0.1) is 0 Å². The summed E-state index contributed by atoms with van der Waals surface area (Å²) in [5.74, 6) is 0.705. The van der Waals surface area contributed by atoms with E-state index < -0.39 is 0 Å². The quantitative estimate of drug-likeness (QED) is 0.205. The minimum Gasteiger partial charge on any atom is -0.491 e. The number of hydrogen-bond acceptors (Lipinski definition) is 8. The lowest BCUT2D eigenvalue weighted by Crippen LogP contribution is -2.14. The lowest BCUT2D eigenvalue weighted by molar-refractivity contribution is -0.129. The zero-order valence-electron chi connectivity index (χ0n) is 21.1. The smallest absolute Gasteiger partial charge is 0.293 e. The van der Waals surface area contributed by atoms with Crippen molar-refractivity contribution in [3.8, 4) is 16.9 Å². The molecule has 0 spiro atoms. The third kappa shape index (κ3) is 12.2. The first-order chi connectivity index (χ1) is 17.1. The fraction of sp³-hybridized carbons (Fsp3) is 0.519. The third-order valence-corrected chi connectivity index (χ3v) is 5.03. The van der Waals surface area contributed by atoms with E-state index in [1.165, 1.54) is 11.1 Å². The number of ether oxygens (including phenoxy) is 7. The Kier molecular flexibility index (Phi) is 14.7. The van der Waals surface area contributed by atoms with Crippen LogP contribution in [0.1, 0.15) is 16.7 Å². The summed E-state index contributed by atoms with van der Waals surface area (Å²) in [6.45, 7) is 9.85. The predicted molar refractivity (Wildman–Crippen MR) is 133 cm³/mol. The molecule has 0 aromatic heterocycles. The summed E-state index contributed by atoms with van der Waals surface area (Å²) in [5.41, 5.74) is 5.35. The van der Waals surface area contributed by atoms with Crippen molar-refractivity contribution in [2.75, 3.05) is 73.2 Å². The molecule has 0 bridgehead atoms. The Morgan fingerprint density at radius 3 is 1.91 bits per heavy atom. The maximum Gasteiger partial charge on any atom is 0.293 e. The Bertz CT molecular complexity index is 855. The lowest BCUT2D eigenvalue weighted by Gasteiger charge is -2.13. The average Bonchev–Trinajstić information content (AvgIpc) is 2.86. The SMILES string of the molecule is COCCOCCOCCOCCOCCOc1cc(COC=O)cc(-c2cc(C)ccc2C)c1. The molecule has 0 atom stereocenters. The van der Waals surface area contributed by atoms with Crippen LogP contribution in [0.25, 0.3) is 11.1 Å². The number of methoxy groups -OCH3 is 1. The van der Waals surface area contributed by atoms with E-state index >= 15 is 0 Å². The molecule has 2 aromatic rings. The first-order valence-corrected chi connectivity index (χ1v) is 11.8. The largest absolute Gasteiger partial charge is 0.491 e. The highest BCUT2D eigenvalue weighted by Gasteiger charge is 2.08. The Hall–Kier alpha value is -2.49. The van der Waals surface area contributed by atoms with Crippen LogP contribution >= 0.6 is 0 Å². The van der Waals surface area contributed by atoms with Gasteiger partial charge in [0, 0.05) is 7.11 Å². The highest BCUT2D eigenvalue weighted by molar-refractivity contribution is 5.70. The van der Waals surface area contributed by atoms with Crippen molar-refractivity contribution in [2.45, 2.75) is 20.5 Å². The zero-order chi connectivity index (χ0) is 25.1. The maximum absolute atomic E-state index is 10.6. The molecule has 0 unspecified atom stereocenters. The zero-order valence-corrected chi connectivity index (χ0v) is 21.1. The fourth-order valence-corrected chi connectivity index (χ4v) is 3.28. The van der Waals surface area contributed by atoms with Crippen molar-refractivity contribution in [2.24, 2.45) is 0 Å². The Balaban J connectivity index is 1.67. The fourth-order valence-electron chi connectivity index (χ4n) is 3.28. The van der Waals surface area contributed by atoms with Crippen LogP contribution in [-0.2, 0) is 39.8 Å². The number of benzene rings is 2. The van der Waals surface area contributed by atoms with E-state index in [4.69, 9.17) is 33.2 Å². The minimum atomic E-state index is 0.191. The standard InChI is InChI=1S/C27H38O8/c1-22-4-5-23(2)27(16-22)25-17-24(20-34-21-28)18-26(19-25)35-15-14-33-13-12-32-11-10-31-9-8-30-7-6-29-3/h4-5,16-19,21H,6-15,20H2,1-3H3. The summed E-state index contributed by atoms with van der Waals surface area (Å²) in [6.07, 6.45) is 0. The number of carbonyl (C=O) groups is 1. The topological polar surface area (TPSA) is 81.7 Å². The van der Waals surface area contributed by atoms with Gasteiger partial charge in [0.25, 0.3) is 6.47 Å². The molecule has 8 heteroatoms. The number of carbonyl (C=O) groups excluding carboxylic acids is 1. The Morgan fingerprint density at radius 2 is 1.31 bits per heavy atom. The molecule has 0 saturated carbocycles. The molecule has 0 saturated heterocycles. The van der Waals surface area contributed by atoms with Gasteiger partial charge in [-0.3, -0.25) is 4.79 Å². The van der Waals surface area contributed by atoms with Crippen LogP contribution in [0.5, 0.6) is 5.75 Å². The van der Waals surface area contributed by atoms with Crippen molar-refractivity contribution < 1.29 is 38.0 Å². The van der Waals surface area contributed by atoms with E-state index in [1.807, 2.05) is 18.2 Å². The molecule has 0 radical (unpaired) electrons. The van der Waals surface area contributed by atoms with Gasteiger partial charge >= 0.3 is 0 Å². The first-order valence-electron chi connectivity index (χ1n) is 11.8. The van der Waals surface area contributed by atoms with E-state index in [9.17, 15) is 4.79 Å². The van der Waals surface area contributed by atoms with Crippen molar-refractivity contribution in [3.05, 3.63) is 53.1 Å². The second-order valence-electron chi connectivity index (χ2n) is 7.88. The van der Waals surface area contributed by atoms with Crippen LogP contribution in [0.15, 0.2) is 36.4 Å². The number of hydrogen-bond donors (Lipinski definition) is 0. The van der Waals surface area contributed by atoms with E-state index in [0.29, 0.717) is 78.3 Å². The van der Waals surface area contributed by atoms with E-state index in [1.54, 1.807) is 7.11 Å². The molecule has 0 fully saturated rings. The molecule has 8 nitrogen and oxygen atoms in total. The molecule has 0 aliphatic carbocycles. The summed E-state index contributed by atoms with van der Waals surface area (Å²) in [5, 5.41) is 0. The van der Waals surface area contributed by atoms with Gasteiger partial charge in [0.05, 0.1) is 59.5 Å². The van der Waals surface area contributed by atoms with Crippen LogP contribution in [-0.4, -0.2) is 79.7 Å². The van der Waals surface area contributed by atoms with Crippen LogP contribution in [0.4, 0.5) is 0 Å². The van der Waals surface area contributed by atoms with Crippen LogP contribution < -0.4 is 4.74 Å². The molecule has 0 aliphatic rings. The van der Waals surface area contributed by atoms with Crippen molar-refractivity contribution in [3.63, 3.8) is 0 Å². The van der Waals surface area contributed by atoms with Gasteiger partial charge in [-0.05, 0) is 54.3 Å². The predicted octanol–water partition coefficient (Wildman–Crippen LogP) is 3.74. The highest BCUT2D eigenvalue weighted by atomic mass is 16.6. The second kappa shape index (κ2) is 17.9. The van der Waals surface area contributed by atoms with Crippen LogP contribution in [0.3, 0.4) is 0 Å². The third-order valence-electron chi connectivity index (χ3n) is 5.03. The first kappa shape index (κ1) is 28.7. The molecule has 0 amide bonds. The summed E-state index contributed by atoms with van der Waals surface area (Å²) < 4.78 is 37.6. The van der Waals surface area contributed by atoms with Crippen LogP contribution in [0.2, 0.25) is 0 Å². The second-order valence-corrected chi connectivity index (χ2v) is 7.88.